The Morgan fingerprint density at radius 2 is 2.09 bits per heavy atom. The summed E-state index contributed by atoms with van der Waals surface area (Å²) in [5, 5.41) is 10.1. The van der Waals surface area contributed by atoms with E-state index in [0.717, 1.165) is 24.1 Å². The van der Waals surface area contributed by atoms with Crippen molar-refractivity contribution in [1.29, 1.82) is 0 Å². The number of carbonyl (C=O) groups excluding carboxylic acids is 1. The largest absolute Gasteiger partial charge is 0.344 e. The van der Waals surface area contributed by atoms with Crippen molar-refractivity contribution in [3.8, 4) is 11.3 Å². The van der Waals surface area contributed by atoms with Gasteiger partial charge in [-0.1, -0.05) is 29.8 Å². The van der Waals surface area contributed by atoms with E-state index in [4.69, 9.17) is 5.73 Å². The van der Waals surface area contributed by atoms with Gasteiger partial charge in [0.05, 0.1) is 11.2 Å². The Morgan fingerprint density at radius 3 is 2.68 bits per heavy atom. The molecule has 2 aromatic rings. The molecule has 0 radical (unpaired) electrons. The van der Waals surface area contributed by atoms with Crippen molar-refractivity contribution in [2.24, 2.45) is 11.7 Å². The standard InChI is InChI=1S/C17H22N4O/c1-11-3-5-12(6-4-11)14-9-15(21-20-14)16(22)19-17(2,10-18)13-7-8-13/h3-6,9,13H,7-8,10,18H2,1-2H3,(H,19,22)(H,20,21). The molecule has 0 bridgehead atoms. The molecule has 0 spiro atoms. The molecule has 4 N–H and O–H groups in total. The summed E-state index contributed by atoms with van der Waals surface area (Å²) in [5.41, 5.74) is 8.94. The highest BCUT2D eigenvalue weighted by atomic mass is 16.2. The minimum Gasteiger partial charge on any atom is -0.344 e. The fraction of sp³-hybridized carbons (Fsp3) is 0.412. The highest BCUT2D eigenvalue weighted by Gasteiger charge is 2.41. The first-order valence-corrected chi connectivity index (χ1v) is 7.67. The normalized spacial score (nSPS) is 17.0. The highest BCUT2D eigenvalue weighted by molar-refractivity contribution is 5.93. The summed E-state index contributed by atoms with van der Waals surface area (Å²) >= 11 is 0. The molecule has 22 heavy (non-hydrogen) atoms. The van der Waals surface area contributed by atoms with Crippen LogP contribution in [0.25, 0.3) is 11.3 Å². The summed E-state index contributed by atoms with van der Waals surface area (Å²) in [4.78, 5) is 12.4. The second kappa shape index (κ2) is 5.57. The molecular weight excluding hydrogens is 276 g/mol. The fourth-order valence-electron chi connectivity index (χ4n) is 2.68. The lowest BCUT2D eigenvalue weighted by Gasteiger charge is -2.29. The molecule has 1 fully saturated rings. The van der Waals surface area contributed by atoms with Crippen LogP contribution in [0.2, 0.25) is 0 Å². The van der Waals surface area contributed by atoms with Crippen molar-refractivity contribution in [3.63, 3.8) is 0 Å². The van der Waals surface area contributed by atoms with Crippen LogP contribution in [0.1, 0.15) is 35.8 Å². The topological polar surface area (TPSA) is 83.8 Å². The van der Waals surface area contributed by atoms with E-state index in [2.05, 4.69) is 15.5 Å². The van der Waals surface area contributed by atoms with Gasteiger partial charge in [0.1, 0.15) is 5.69 Å². The molecule has 1 unspecified atom stereocenters. The minimum absolute atomic E-state index is 0.147. The molecule has 0 aliphatic heterocycles. The average molecular weight is 298 g/mol. The maximum Gasteiger partial charge on any atom is 0.269 e. The summed E-state index contributed by atoms with van der Waals surface area (Å²) < 4.78 is 0. The van der Waals surface area contributed by atoms with Gasteiger partial charge in [0.15, 0.2) is 0 Å². The van der Waals surface area contributed by atoms with Gasteiger partial charge < -0.3 is 11.1 Å². The molecule has 1 aliphatic rings. The first kappa shape index (κ1) is 14.8. The number of benzene rings is 1. The number of nitrogens with zero attached hydrogens (tertiary/aromatic N) is 1. The predicted octanol–water partition coefficient (Wildman–Crippen LogP) is 2.24. The zero-order valence-electron chi connectivity index (χ0n) is 13.0. The van der Waals surface area contributed by atoms with Gasteiger partial charge in [0.25, 0.3) is 5.91 Å². The second-order valence-electron chi connectivity index (χ2n) is 6.38. The molecule has 1 atom stereocenters. The lowest BCUT2D eigenvalue weighted by atomic mass is 9.96. The van der Waals surface area contributed by atoms with E-state index in [-0.39, 0.29) is 11.4 Å². The summed E-state index contributed by atoms with van der Waals surface area (Å²) in [7, 11) is 0. The van der Waals surface area contributed by atoms with Crippen molar-refractivity contribution in [1.82, 2.24) is 15.5 Å². The highest BCUT2D eigenvalue weighted by Crippen LogP contribution is 2.39. The zero-order valence-corrected chi connectivity index (χ0v) is 13.0. The Kier molecular flexibility index (Phi) is 3.74. The van der Waals surface area contributed by atoms with Gasteiger partial charge in [0.2, 0.25) is 0 Å². The molecular formula is C17H22N4O. The van der Waals surface area contributed by atoms with Crippen LogP contribution in [-0.2, 0) is 0 Å². The Labute approximate surface area is 130 Å². The Morgan fingerprint density at radius 1 is 1.41 bits per heavy atom. The molecule has 3 rings (SSSR count). The first-order valence-electron chi connectivity index (χ1n) is 7.67. The molecule has 1 aromatic carbocycles. The van der Waals surface area contributed by atoms with Crippen LogP contribution < -0.4 is 11.1 Å². The number of amides is 1. The number of nitrogens with one attached hydrogen (secondary N) is 2. The van der Waals surface area contributed by atoms with E-state index in [0.29, 0.717) is 18.2 Å². The maximum absolute atomic E-state index is 12.4. The van der Waals surface area contributed by atoms with Crippen LogP contribution in [0.15, 0.2) is 30.3 Å². The molecule has 116 valence electrons. The van der Waals surface area contributed by atoms with E-state index in [1.165, 1.54) is 5.56 Å². The number of carbonyl (C=O) groups is 1. The van der Waals surface area contributed by atoms with Crippen molar-refractivity contribution in [2.75, 3.05) is 6.54 Å². The van der Waals surface area contributed by atoms with Crippen LogP contribution in [0.5, 0.6) is 0 Å². The van der Waals surface area contributed by atoms with Crippen LogP contribution >= 0.6 is 0 Å². The van der Waals surface area contributed by atoms with E-state index in [9.17, 15) is 4.79 Å². The third-order valence-electron chi connectivity index (χ3n) is 4.47. The molecule has 1 aliphatic carbocycles. The average Bonchev–Trinajstić information content (AvgIpc) is 3.26. The molecule has 1 aromatic heterocycles. The van der Waals surface area contributed by atoms with Crippen LogP contribution in [0.4, 0.5) is 0 Å². The Bertz CT molecular complexity index is 672. The molecule has 5 heteroatoms. The van der Waals surface area contributed by atoms with E-state index < -0.39 is 0 Å². The van der Waals surface area contributed by atoms with E-state index in [1.54, 1.807) is 6.07 Å². The number of nitrogens with two attached hydrogens (primary N) is 1. The number of rotatable bonds is 5. The number of aromatic nitrogens is 2. The summed E-state index contributed by atoms with van der Waals surface area (Å²) in [6.45, 7) is 4.50. The molecule has 1 amide bonds. The lowest BCUT2D eigenvalue weighted by molar-refractivity contribution is 0.0892. The first-order chi connectivity index (χ1) is 10.5. The van der Waals surface area contributed by atoms with E-state index in [1.807, 2.05) is 38.1 Å². The number of H-pyrrole nitrogens is 1. The number of aromatic amines is 1. The monoisotopic (exact) mass is 298 g/mol. The van der Waals surface area contributed by atoms with Gasteiger partial charge >= 0.3 is 0 Å². The quantitative estimate of drug-likeness (QED) is 0.791. The van der Waals surface area contributed by atoms with Gasteiger partial charge in [-0.05, 0) is 38.7 Å². The van der Waals surface area contributed by atoms with Gasteiger partial charge in [0, 0.05) is 12.1 Å². The number of aryl methyl sites for hydroxylation is 1. The van der Waals surface area contributed by atoms with Crippen molar-refractivity contribution in [3.05, 3.63) is 41.6 Å². The van der Waals surface area contributed by atoms with Crippen LogP contribution in [0, 0.1) is 12.8 Å². The third kappa shape index (κ3) is 2.90. The summed E-state index contributed by atoms with van der Waals surface area (Å²) in [6, 6.07) is 9.84. The van der Waals surface area contributed by atoms with Crippen molar-refractivity contribution >= 4 is 5.91 Å². The van der Waals surface area contributed by atoms with E-state index >= 15 is 0 Å². The van der Waals surface area contributed by atoms with Crippen LogP contribution in [-0.4, -0.2) is 28.2 Å². The lowest BCUT2D eigenvalue weighted by Crippen LogP contribution is -2.53. The van der Waals surface area contributed by atoms with Crippen molar-refractivity contribution in [2.45, 2.75) is 32.2 Å². The van der Waals surface area contributed by atoms with Gasteiger partial charge in [-0.2, -0.15) is 5.10 Å². The fourth-order valence-corrected chi connectivity index (χ4v) is 2.68. The SMILES string of the molecule is Cc1ccc(-c2cc(C(=O)NC(C)(CN)C3CC3)[nH]n2)cc1. The van der Waals surface area contributed by atoms with Gasteiger partial charge in [-0.15, -0.1) is 0 Å². The summed E-state index contributed by atoms with van der Waals surface area (Å²) in [5.74, 6) is 0.339. The molecule has 1 heterocycles. The maximum atomic E-state index is 12.4. The number of hydrogen-bond acceptors (Lipinski definition) is 3. The molecule has 0 saturated heterocycles. The summed E-state index contributed by atoms with van der Waals surface area (Å²) in [6.07, 6.45) is 2.26. The number of hydrogen-bond donors (Lipinski definition) is 3. The third-order valence-corrected chi connectivity index (χ3v) is 4.47. The molecule has 5 nitrogen and oxygen atoms in total. The van der Waals surface area contributed by atoms with Gasteiger partial charge in [-0.3, -0.25) is 9.89 Å². The smallest absolute Gasteiger partial charge is 0.269 e. The molecule has 1 saturated carbocycles. The van der Waals surface area contributed by atoms with Crippen molar-refractivity contribution < 1.29 is 4.79 Å². The Balaban J connectivity index is 1.75. The predicted molar refractivity (Wildman–Crippen MR) is 86.4 cm³/mol. The van der Waals surface area contributed by atoms with Gasteiger partial charge in [-0.25, -0.2) is 0 Å². The Hall–Kier alpha value is -2.14. The second-order valence-corrected chi connectivity index (χ2v) is 6.38. The van der Waals surface area contributed by atoms with Crippen LogP contribution in [0.3, 0.4) is 0 Å². The minimum atomic E-state index is -0.327. The zero-order chi connectivity index (χ0) is 15.7.